The van der Waals surface area contributed by atoms with Gasteiger partial charge >= 0.3 is 0 Å². The summed E-state index contributed by atoms with van der Waals surface area (Å²) < 4.78 is 6.11. The summed E-state index contributed by atoms with van der Waals surface area (Å²) in [6.07, 6.45) is 1.27. The van der Waals surface area contributed by atoms with E-state index in [2.05, 4.69) is 11.8 Å². The third kappa shape index (κ3) is 3.54. The van der Waals surface area contributed by atoms with Crippen LogP contribution in [0.25, 0.3) is 0 Å². The van der Waals surface area contributed by atoms with E-state index in [9.17, 15) is 0 Å². The highest BCUT2D eigenvalue weighted by molar-refractivity contribution is 8.16. The first-order valence-electron chi connectivity index (χ1n) is 5.87. The molecule has 1 fully saturated rings. The molecule has 0 saturated carbocycles. The van der Waals surface area contributed by atoms with Crippen LogP contribution in [0.15, 0.2) is 18.2 Å². The second-order valence-corrected chi connectivity index (χ2v) is 6.93. The van der Waals surface area contributed by atoms with Crippen molar-refractivity contribution in [3.8, 4) is 17.6 Å². The van der Waals surface area contributed by atoms with Gasteiger partial charge in [-0.25, -0.2) is 0 Å². The molecule has 1 saturated heterocycles. The number of hydrogen-bond donors (Lipinski definition) is 0. The van der Waals surface area contributed by atoms with Gasteiger partial charge in [-0.3, -0.25) is 0 Å². The minimum atomic E-state index is 0.386. The SMILES string of the molecule is CC#CCOc1cccc(Cl)c1C1SCCCS1. The molecular weight excluding hydrogens is 284 g/mol. The Balaban J connectivity index is 2.21. The van der Waals surface area contributed by atoms with Crippen molar-refractivity contribution in [3.05, 3.63) is 28.8 Å². The van der Waals surface area contributed by atoms with Gasteiger partial charge < -0.3 is 4.74 Å². The van der Waals surface area contributed by atoms with Crippen LogP contribution in [0, 0.1) is 11.8 Å². The molecule has 18 heavy (non-hydrogen) atoms. The Morgan fingerprint density at radius 3 is 2.89 bits per heavy atom. The molecule has 0 spiro atoms. The van der Waals surface area contributed by atoms with Gasteiger partial charge in [0.2, 0.25) is 0 Å². The van der Waals surface area contributed by atoms with Gasteiger partial charge in [-0.2, -0.15) is 0 Å². The molecular formula is C14H15ClOS2. The molecule has 0 atom stereocenters. The first kappa shape index (κ1) is 14.0. The Kier molecular flexibility index (Phi) is 5.62. The summed E-state index contributed by atoms with van der Waals surface area (Å²) >= 11 is 10.2. The summed E-state index contributed by atoms with van der Waals surface area (Å²) in [5, 5.41) is 0.795. The fourth-order valence-electron chi connectivity index (χ4n) is 1.71. The molecule has 0 aromatic heterocycles. The van der Waals surface area contributed by atoms with E-state index in [-0.39, 0.29) is 0 Å². The maximum absolute atomic E-state index is 6.33. The van der Waals surface area contributed by atoms with Crippen LogP contribution >= 0.6 is 35.1 Å². The standard InChI is InChI=1S/C14H15ClOS2/c1-2-3-8-16-12-7-4-6-11(15)13(12)14-17-9-5-10-18-14/h4,6-7,14H,5,8-10H2,1H3. The smallest absolute Gasteiger partial charge is 0.149 e. The van der Waals surface area contributed by atoms with Crippen molar-refractivity contribution in [2.75, 3.05) is 18.1 Å². The van der Waals surface area contributed by atoms with Gasteiger partial charge in [0.1, 0.15) is 12.4 Å². The van der Waals surface area contributed by atoms with Crippen molar-refractivity contribution >= 4 is 35.1 Å². The number of halogens is 1. The number of ether oxygens (including phenoxy) is 1. The molecule has 1 nitrogen and oxygen atoms in total. The molecule has 4 heteroatoms. The Morgan fingerprint density at radius 1 is 1.39 bits per heavy atom. The third-order valence-corrected chi connectivity index (χ3v) is 5.82. The van der Waals surface area contributed by atoms with E-state index in [1.165, 1.54) is 17.9 Å². The van der Waals surface area contributed by atoms with Crippen LogP contribution in [0.3, 0.4) is 0 Å². The van der Waals surface area contributed by atoms with Crippen molar-refractivity contribution in [2.45, 2.75) is 17.9 Å². The number of hydrogen-bond acceptors (Lipinski definition) is 3. The molecule has 96 valence electrons. The highest BCUT2D eigenvalue weighted by Gasteiger charge is 2.22. The Labute approximate surface area is 122 Å². The second-order valence-electron chi connectivity index (χ2n) is 3.79. The number of rotatable bonds is 3. The van der Waals surface area contributed by atoms with Gasteiger partial charge in [0.05, 0.1) is 4.58 Å². The maximum Gasteiger partial charge on any atom is 0.149 e. The molecule has 0 amide bonds. The molecule has 0 unspecified atom stereocenters. The summed E-state index contributed by atoms with van der Waals surface area (Å²) in [6.45, 7) is 2.24. The van der Waals surface area contributed by atoms with Crippen LogP contribution < -0.4 is 4.74 Å². The molecule has 1 heterocycles. The zero-order valence-electron chi connectivity index (χ0n) is 10.2. The van der Waals surface area contributed by atoms with Crippen molar-refractivity contribution in [1.82, 2.24) is 0 Å². The van der Waals surface area contributed by atoms with E-state index >= 15 is 0 Å². The molecule has 1 aromatic carbocycles. The van der Waals surface area contributed by atoms with Crippen LogP contribution in [0.5, 0.6) is 5.75 Å². The lowest BCUT2D eigenvalue weighted by atomic mass is 10.2. The predicted molar refractivity (Wildman–Crippen MR) is 82.7 cm³/mol. The second kappa shape index (κ2) is 7.23. The fraction of sp³-hybridized carbons (Fsp3) is 0.429. The minimum absolute atomic E-state index is 0.386. The zero-order valence-corrected chi connectivity index (χ0v) is 12.6. The molecule has 0 radical (unpaired) electrons. The maximum atomic E-state index is 6.33. The topological polar surface area (TPSA) is 9.23 Å². The van der Waals surface area contributed by atoms with Crippen LogP contribution in [-0.4, -0.2) is 18.1 Å². The van der Waals surface area contributed by atoms with Crippen molar-refractivity contribution in [1.29, 1.82) is 0 Å². The highest BCUT2D eigenvalue weighted by atomic mass is 35.5. The van der Waals surface area contributed by atoms with Gasteiger partial charge in [0, 0.05) is 10.6 Å². The monoisotopic (exact) mass is 298 g/mol. The largest absolute Gasteiger partial charge is 0.481 e. The molecule has 0 bridgehead atoms. The lowest BCUT2D eigenvalue weighted by Crippen LogP contribution is -2.04. The Hall–Kier alpha value is -0.430. The normalized spacial score (nSPS) is 15.9. The third-order valence-electron chi connectivity index (χ3n) is 2.55. The van der Waals surface area contributed by atoms with Gasteiger partial charge in [0.25, 0.3) is 0 Å². The first-order chi connectivity index (χ1) is 8.83. The van der Waals surface area contributed by atoms with Gasteiger partial charge in [-0.15, -0.1) is 29.4 Å². The zero-order chi connectivity index (χ0) is 12.8. The van der Waals surface area contributed by atoms with Crippen molar-refractivity contribution in [2.24, 2.45) is 0 Å². The first-order valence-corrected chi connectivity index (χ1v) is 8.34. The number of benzene rings is 1. The van der Waals surface area contributed by atoms with Crippen LogP contribution in [0.2, 0.25) is 5.02 Å². The molecule has 1 aliphatic heterocycles. The molecule has 1 aromatic rings. The molecule has 0 aliphatic carbocycles. The lowest BCUT2D eigenvalue weighted by molar-refractivity contribution is 0.367. The van der Waals surface area contributed by atoms with Crippen LogP contribution in [0.1, 0.15) is 23.5 Å². The van der Waals surface area contributed by atoms with E-state index in [1.54, 1.807) is 0 Å². The minimum Gasteiger partial charge on any atom is -0.481 e. The van der Waals surface area contributed by atoms with E-state index in [0.29, 0.717) is 11.2 Å². The van der Waals surface area contributed by atoms with Gasteiger partial charge in [0.15, 0.2) is 0 Å². The average molecular weight is 299 g/mol. The van der Waals surface area contributed by atoms with E-state index < -0.39 is 0 Å². The van der Waals surface area contributed by atoms with Gasteiger partial charge in [-0.05, 0) is 37.0 Å². The van der Waals surface area contributed by atoms with Crippen LogP contribution in [0.4, 0.5) is 0 Å². The predicted octanol–water partition coefficient (Wildman–Crippen LogP) is 4.61. The van der Waals surface area contributed by atoms with E-state index in [4.69, 9.17) is 16.3 Å². The van der Waals surface area contributed by atoms with E-state index in [1.807, 2.05) is 48.6 Å². The quantitative estimate of drug-likeness (QED) is 0.754. The summed E-state index contributed by atoms with van der Waals surface area (Å²) in [5.41, 5.74) is 1.12. The van der Waals surface area contributed by atoms with Gasteiger partial charge in [-0.1, -0.05) is 23.6 Å². The van der Waals surface area contributed by atoms with Crippen molar-refractivity contribution in [3.63, 3.8) is 0 Å². The fourth-order valence-corrected chi connectivity index (χ4v) is 5.13. The molecule has 2 rings (SSSR count). The summed E-state index contributed by atoms with van der Waals surface area (Å²) in [6, 6.07) is 5.85. The van der Waals surface area contributed by atoms with Crippen LogP contribution in [-0.2, 0) is 0 Å². The number of thioether (sulfide) groups is 2. The average Bonchev–Trinajstić information content (AvgIpc) is 2.40. The highest BCUT2D eigenvalue weighted by Crippen LogP contribution is 2.49. The summed E-state index contributed by atoms with van der Waals surface area (Å²) in [7, 11) is 0. The molecule has 0 N–H and O–H groups in total. The van der Waals surface area contributed by atoms with E-state index in [0.717, 1.165) is 16.3 Å². The Morgan fingerprint density at radius 2 is 2.17 bits per heavy atom. The Bertz CT molecular complexity index is 459. The molecule has 1 aliphatic rings. The lowest BCUT2D eigenvalue weighted by Gasteiger charge is -2.24. The van der Waals surface area contributed by atoms with Crippen molar-refractivity contribution < 1.29 is 4.74 Å². The summed E-state index contributed by atoms with van der Waals surface area (Å²) in [4.78, 5) is 0. The summed E-state index contributed by atoms with van der Waals surface area (Å²) in [5.74, 6) is 9.01.